The molecule has 3 saturated carbocycles. The minimum absolute atomic E-state index is 0.188. The molecule has 2 amide bonds. The van der Waals surface area contributed by atoms with Gasteiger partial charge >= 0.3 is 0 Å². The Morgan fingerprint density at radius 3 is 1.45 bits per heavy atom. The molecule has 0 heterocycles. The molecule has 0 saturated heterocycles. The molecule has 0 aliphatic heterocycles. The monoisotopic (exact) mass is 308 g/mol. The molecule has 3 fully saturated rings. The smallest absolute Gasteiger partial charge is 0.220 e. The minimum atomic E-state index is 0.188. The van der Waals surface area contributed by atoms with Crippen molar-refractivity contribution in [2.75, 3.05) is 0 Å². The topological polar surface area (TPSA) is 58.2 Å². The minimum Gasteiger partial charge on any atom is -0.353 e. The third-order valence-corrected chi connectivity index (χ3v) is 5.04. The Labute approximate surface area is 134 Å². The zero-order valence-electron chi connectivity index (χ0n) is 14.5. The van der Waals surface area contributed by atoms with Crippen molar-refractivity contribution in [1.29, 1.82) is 0 Å². The molecular formula is C18H32N2O2. The van der Waals surface area contributed by atoms with Crippen molar-refractivity contribution < 1.29 is 9.59 Å². The number of fused-ring (bicyclic) bond motifs is 3. The maximum Gasteiger partial charge on any atom is 0.220 e. The lowest BCUT2D eigenvalue weighted by Gasteiger charge is -2.47. The summed E-state index contributed by atoms with van der Waals surface area (Å²) in [4.78, 5) is 24.0. The van der Waals surface area contributed by atoms with E-state index in [0.29, 0.717) is 48.6 Å². The van der Waals surface area contributed by atoms with Crippen LogP contribution >= 0.6 is 0 Å². The van der Waals surface area contributed by atoms with Crippen LogP contribution in [0.2, 0.25) is 0 Å². The molecule has 4 nitrogen and oxygen atoms in total. The summed E-state index contributed by atoms with van der Waals surface area (Å²) in [5.74, 6) is 2.25. The predicted molar refractivity (Wildman–Crippen MR) is 88.2 cm³/mol. The van der Waals surface area contributed by atoms with Crippen molar-refractivity contribution in [3.05, 3.63) is 0 Å². The van der Waals surface area contributed by atoms with Crippen LogP contribution in [0.25, 0.3) is 0 Å². The predicted octanol–water partition coefficient (Wildman–Crippen LogP) is 2.87. The molecule has 4 atom stereocenters. The van der Waals surface area contributed by atoms with Gasteiger partial charge in [0.2, 0.25) is 11.8 Å². The first kappa shape index (κ1) is 17.3. The standard InChI is InChI=1S/C18H32N2O2/c1-11(2)7-17(21)19-15-9-14-6-5-13(15)10-16(14)20-18(22)8-12(3)4/h11-16H,5-10H2,1-4H3,(H,19,21)(H,20,22). The Balaban J connectivity index is 1.83. The maximum absolute atomic E-state index is 12.0. The van der Waals surface area contributed by atoms with Crippen molar-refractivity contribution in [3.63, 3.8) is 0 Å². The number of hydrogen-bond acceptors (Lipinski definition) is 2. The number of carbonyl (C=O) groups is 2. The van der Waals surface area contributed by atoms with E-state index in [0.717, 1.165) is 12.8 Å². The van der Waals surface area contributed by atoms with Gasteiger partial charge in [0.05, 0.1) is 0 Å². The van der Waals surface area contributed by atoms with Crippen LogP contribution in [0.5, 0.6) is 0 Å². The summed E-state index contributed by atoms with van der Waals surface area (Å²) in [5, 5.41) is 6.47. The second-order valence-corrected chi connectivity index (χ2v) is 8.11. The summed E-state index contributed by atoms with van der Waals surface area (Å²) in [7, 11) is 0. The lowest BCUT2D eigenvalue weighted by Crippen LogP contribution is -2.56. The molecule has 126 valence electrons. The quantitative estimate of drug-likeness (QED) is 0.792. The Hall–Kier alpha value is -1.06. The van der Waals surface area contributed by atoms with Gasteiger partial charge in [0, 0.05) is 24.9 Å². The average molecular weight is 308 g/mol. The highest BCUT2D eigenvalue weighted by Crippen LogP contribution is 2.41. The van der Waals surface area contributed by atoms with E-state index in [1.54, 1.807) is 0 Å². The Morgan fingerprint density at radius 1 is 0.818 bits per heavy atom. The summed E-state index contributed by atoms with van der Waals surface area (Å²) in [6.07, 6.45) is 5.66. The lowest BCUT2D eigenvalue weighted by molar-refractivity contribution is -0.126. The van der Waals surface area contributed by atoms with Crippen LogP contribution in [0.4, 0.5) is 0 Å². The molecule has 2 bridgehead atoms. The second-order valence-electron chi connectivity index (χ2n) is 8.11. The van der Waals surface area contributed by atoms with Crippen LogP contribution in [-0.4, -0.2) is 23.9 Å². The number of hydrogen-bond donors (Lipinski definition) is 2. The summed E-state index contributed by atoms with van der Waals surface area (Å²) < 4.78 is 0. The lowest BCUT2D eigenvalue weighted by atomic mass is 9.65. The molecule has 2 N–H and O–H groups in total. The number of rotatable bonds is 6. The Kier molecular flexibility index (Phi) is 5.87. The van der Waals surface area contributed by atoms with Crippen LogP contribution in [0, 0.1) is 23.7 Å². The van der Waals surface area contributed by atoms with Crippen molar-refractivity contribution in [3.8, 4) is 0 Å². The van der Waals surface area contributed by atoms with Gasteiger partial charge in [0.1, 0.15) is 0 Å². The van der Waals surface area contributed by atoms with E-state index in [1.807, 2.05) is 0 Å². The highest BCUT2D eigenvalue weighted by molar-refractivity contribution is 5.77. The van der Waals surface area contributed by atoms with Crippen LogP contribution in [-0.2, 0) is 9.59 Å². The first-order valence-corrected chi connectivity index (χ1v) is 8.93. The van der Waals surface area contributed by atoms with Gasteiger partial charge in [-0.2, -0.15) is 0 Å². The maximum atomic E-state index is 12.0. The SMILES string of the molecule is CC(C)CC(=O)NC1CC2CCC1CC2NC(=O)CC(C)C. The van der Waals surface area contributed by atoms with E-state index in [9.17, 15) is 9.59 Å². The van der Waals surface area contributed by atoms with Gasteiger partial charge in [0.25, 0.3) is 0 Å². The van der Waals surface area contributed by atoms with E-state index in [-0.39, 0.29) is 11.8 Å². The molecule has 0 aromatic carbocycles. The van der Waals surface area contributed by atoms with Crippen LogP contribution in [0.15, 0.2) is 0 Å². The fourth-order valence-electron chi connectivity index (χ4n) is 4.06. The van der Waals surface area contributed by atoms with E-state index in [4.69, 9.17) is 0 Å². The number of nitrogens with one attached hydrogen (secondary N) is 2. The van der Waals surface area contributed by atoms with Crippen molar-refractivity contribution in [2.45, 2.75) is 78.3 Å². The van der Waals surface area contributed by atoms with E-state index in [2.05, 4.69) is 38.3 Å². The van der Waals surface area contributed by atoms with Gasteiger partial charge in [-0.25, -0.2) is 0 Å². The van der Waals surface area contributed by atoms with E-state index >= 15 is 0 Å². The Morgan fingerprint density at radius 2 is 1.18 bits per heavy atom. The summed E-state index contributed by atoms with van der Waals surface area (Å²) in [6, 6.07) is 0.645. The normalized spacial score (nSPS) is 30.6. The molecule has 4 unspecified atom stereocenters. The Bertz CT molecular complexity index is 368. The van der Waals surface area contributed by atoms with Gasteiger partial charge in [-0.05, 0) is 49.4 Å². The zero-order valence-corrected chi connectivity index (χ0v) is 14.5. The molecule has 0 spiro atoms. The van der Waals surface area contributed by atoms with Gasteiger partial charge in [-0.15, -0.1) is 0 Å². The van der Waals surface area contributed by atoms with Gasteiger partial charge in [-0.3, -0.25) is 9.59 Å². The summed E-state index contributed by atoms with van der Waals surface area (Å²) in [5.41, 5.74) is 0. The first-order chi connectivity index (χ1) is 10.3. The molecule has 4 heteroatoms. The van der Waals surface area contributed by atoms with Crippen molar-refractivity contribution in [2.24, 2.45) is 23.7 Å². The molecule has 3 rings (SSSR count). The summed E-state index contributed by atoms with van der Waals surface area (Å²) in [6.45, 7) is 8.31. The fraction of sp³-hybridized carbons (Fsp3) is 0.889. The van der Waals surface area contributed by atoms with Crippen LogP contribution in [0.3, 0.4) is 0 Å². The van der Waals surface area contributed by atoms with Crippen molar-refractivity contribution in [1.82, 2.24) is 10.6 Å². The van der Waals surface area contributed by atoms with Crippen molar-refractivity contribution >= 4 is 11.8 Å². The first-order valence-electron chi connectivity index (χ1n) is 8.93. The molecule has 0 aromatic rings. The molecule has 22 heavy (non-hydrogen) atoms. The number of amides is 2. The highest BCUT2D eigenvalue weighted by Gasteiger charge is 2.42. The third-order valence-electron chi connectivity index (χ3n) is 5.04. The number of carbonyl (C=O) groups excluding carboxylic acids is 2. The summed E-state index contributed by atoms with van der Waals surface area (Å²) >= 11 is 0. The van der Waals surface area contributed by atoms with Gasteiger partial charge in [0.15, 0.2) is 0 Å². The fourth-order valence-corrected chi connectivity index (χ4v) is 4.06. The van der Waals surface area contributed by atoms with Gasteiger partial charge < -0.3 is 10.6 Å². The second kappa shape index (κ2) is 7.47. The van der Waals surface area contributed by atoms with E-state index < -0.39 is 0 Å². The molecule has 3 aliphatic rings. The largest absolute Gasteiger partial charge is 0.353 e. The molecule has 0 aromatic heterocycles. The molecule has 3 aliphatic carbocycles. The van der Waals surface area contributed by atoms with E-state index in [1.165, 1.54) is 12.8 Å². The van der Waals surface area contributed by atoms with Crippen LogP contribution in [0.1, 0.15) is 66.2 Å². The zero-order chi connectivity index (χ0) is 16.3. The van der Waals surface area contributed by atoms with Crippen LogP contribution < -0.4 is 10.6 Å². The molecular weight excluding hydrogens is 276 g/mol. The third kappa shape index (κ3) is 4.72. The average Bonchev–Trinajstić information content (AvgIpc) is 2.37. The van der Waals surface area contributed by atoms with Gasteiger partial charge in [-0.1, -0.05) is 27.7 Å². The highest BCUT2D eigenvalue weighted by atomic mass is 16.2. The molecule has 0 radical (unpaired) electrons.